The Kier molecular flexibility index (Phi) is 26.8. The number of hydrogen-bond acceptors (Lipinski definition) is 10. The lowest BCUT2D eigenvalue weighted by Gasteiger charge is -2.14. The van der Waals surface area contributed by atoms with E-state index in [0.717, 1.165) is 72.3 Å². The molecule has 35 heteroatoms. The predicted octanol–water partition coefficient (Wildman–Crippen LogP) is 18.0. The summed E-state index contributed by atoms with van der Waals surface area (Å²) in [5.74, 6) is -1.39. The highest BCUT2D eigenvalue weighted by Gasteiger charge is 2.38. The molecule has 0 heterocycles. The van der Waals surface area contributed by atoms with E-state index in [1.165, 1.54) is 62.7 Å². The van der Waals surface area contributed by atoms with Gasteiger partial charge in [0.2, 0.25) is 0 Å². The SMILES string of the molecule is CNC(=O)c1ccc(NC(=S)Nc2ccc(C#N)c(C(F)(F)F)c2)cc1F.COC(=S)Cc1ccc(C#N)c(C(F)(F)F)c1.[C-]#[N+]c1ccc(NC(=O)Nc2ccc(C#N)c(C(F)(F)F)c2)cc1C(F)(F)F.[C-]#[N+]c1ccc(NC(=S)Nc2ccc(C#N)c(C)c2)cc1C(F)(F)F. The number of rotatable bonds is 9. The summed E-state index contributed by atoms with van der Waals surface area (Å²) >= 11 is 14.9. The quantitative estimate of drug-likeness (QED) is 0.0405. The highest BCUT2D eigenvalue weighted by molar-refractivity contribution is 7.81. The van der Waals surface area contributed by atoms with Crippen molar-refractivity contribution in [3.8, 4) is 24.3 Å². The molecule has 7 rings (SSSR count). The first-order valence-corrected chi connectivity index (χ1v) is 27.3. The number of thiocarbonyl (C=S) groups is 3. The molecule has 16 nitrogen and oxygen atoms in total. The number of urea groups is 1. The van der Waals surface area contributed by atoms with Gasteiger partial charge >= 0.3 is 36.9 Å². The average Bonchev–Trinajstić information content (AvgIpc) is 0.901. The number of benzene rings is 7. The Labute approximate surface area is 555 Å². The van der Waals surface area contributed by atoms with Crippen LogP contribution in [0.1, 0.15) is 71.6 Å². The maximum atomic E-state index is 13.9. The second kappa shape index (κ2) is 33.5. The number of aryl methyl sites for hydroxylation is 1. The summed E-state index contributed by atoms with van der Waals surface area (Å²) in [5.41, 5.74) is -6.57. The number of carbonyl (C=O) groups is 2. The van der Waals surface area contributed by atoms with Gasteiger partial charge in [-0.2, -0.15) is 86.9 Å². The van der Waals surface area contributed by atoms with Crippen molar-refractivity contribution in [1.82, 2.24) is 5.32 Å². The van der Waals surface area contributed by atoms with Crippen molar-refractivity contribution >= 4 is 109 Å². The second-order valence-corrected chi connectivity index (χ2v) is 20.1. The van der Waals surface area contributed by atoms with E-state index < -0.39 is 105 Å². The molecular formula is C62H39F16N13O3S3. The fourth-order valence-electron chi connectivity index (χ4n) is 7.72. The molecule has 97 heavy (non-hydrogen) atoms. The Morgan fingerprint density at radius 3 is 1.12 bits per heavy atom. The summed E-state index contributed by atoms with van der Waals surface area (Å²) in [5, 5.41) is 52.2. The van der Waals surface area contributed by atoms with Gasteiger partial charge in [0.05, 0.1) is 100 Å². The normalized spacial score (nSPS) is 10.8. The maximum absolute atomic E-state index is 13.9. The van der Waals surface area contributed by atoms with Crippen LogP contribution >= 0.6 is 36.7 Å². The summed E-state index contributed by atoms with van der Waals surface area (Å²) in [7, 11) is 2.72. The summed E-state index contributed by atoms with van der Waals surface area (Å²) in [6.45, 7) is 15.3. The molecule has 0 aliphatic rings. The van der Waals surface area contributed by atoms with E-state index in [9.17, 15) is 79.8 Å². The van der Waals surface area contributed by atoms with Crippen molar-refractivity contribution in [3.05, 3.63) is 223 Å². The minimum absolute atomic E-state index is 0.00118. The van der Waals surface area contributed by atoms with Gasteiger partial charge in [-0.05, 0) is 164 Å². The molecule has 7 aromatic carbocycles. The van der Waals surface area contributed by atoms with Crippen LogP contribution in [0.3, 0.4) is 0 Å². The molecule has 0 spiro atoms. The van der Waals surface area contributed by atoms with Gasteiger partial charge < -0.3 is 42.0 Å². The van der Waals surface area contributed by atoms with Crippen molar-refractivity contribution in [2.45, 2.75) is 44.2 Å². The molecule has 0 aliphatic heterocycles. The van der Waals surface area contributed by atoms with Gasteiger partial charge in [0.15, 0.2) is 26.7 Å². The van der Waals surface area contributed by atoms with Gasteiger partial charge in [0.25, 0.3) is 5.91 Å². The van der Waals surface area contributed by atoms with Gasteiger partial charge in [-0.25, -0.2) is 18.9 Å². The van der Waals surface area contributed by atoms with E-state index >= 15 is 0 Å². The number of carbonyl (C=O) groups excluding carboxylic acids is 2. The summed E-state index contributed by atoms with van der Waals surface area (Å²) in [6, 6.07) is 28.6. The van der Waals surface area contributed by atoms with Crippen LogP contribution in [0.5, 0.6) is 0 Å². The smallest absolute Gasteiger partial charge is 0.417 e. The zero-order valence-corrected chi connectivity index (χ0v) is 51.5. The van der Waals surface area contributed by atoms with Crippen molar-refractivity contribution in [2.75, 3.05) is 46.1 Å². The molecule has 0 fully saturated rings. The summed E-state index contributed by atoms with van der Waals surface area (Å²) in [4.78, 5) is 29.0. The fourth-order valence-corrected chi connectivity index (χ4v) is 8.35. The van der Waals surface area contributed by atoms with Crippen LogP contribution in [0, 0.1) is 71.2 Å². The number of anilines is 6. The number of nitrogens with zero attached hydrogens (tertiary/aromatic N) is 6. The molecular weight excluding hydrogens is 1370 g/mol. The summed E-state index contributed by atoms with van der Waals surface area (Å²) < 4.78 is 212. The van der Waals surface area contributed by atoms with Crippen molar-refractivity contribution < 1.29 is 84.6 Å². The van der Waals surface area contributed by atoms with Crippen molar-refractivity contribution in [1.29, 1.82) is 21.0 Å². The molecule has 0 saturated carbocycles. The Bertz CT molecular complexity index is 4340. The lowest BCUT2D eigenvalue weighted by Crippen LogP contribution is -2.21. The Hall–Kier alpha value is -11.6. The Balaban J connectivity index is 0.000000279. The molecule has 0 bridgehead atoms. The molecule has 0 aliphatic carbocycles. The van der Waals surface area contributed by atoms with Crippen LogP contribution in [-0.2, 0) is 42.0 Å². The van der Waals surface area contributed by atoms with Crippen LogP contribution in [0.25, 0.3) is 9.69 Å². The first-order valence-electron chi connectivity index (χ1n) is 26.1. The third-order valence-corrected chi connectivity index (χ3v) is 12.9. The third-order valence-electron chi connectivity index (χ3n) is 12.2. The molecule has 7 aromatic rings. The monoisotopic (exact) mass is 1410 g/mol. The number of nitrogens with one attached hydrogen (secondary N) is 7. The largest absolute Gasteiger partial charge is 0.490 e. The minimum Gasteiger partial charge on any atom is -0.490 e. The van der Waals surface area contributed by atoms with Gasteiger partial charge in [-0.3, -0.25) is 4.79 Å². The highest BCUT2D eigenvalue weighted by atomic mass is 32.1. The number of halogens is 16. The molecule has 0 radical (unpaired) electrons. The molecule has 0 saturated heterocycles. The van der Waals surface area contributed by atoms with Crippen molar-refractivity contribution in [3.63, 3.8) is 0 Å². The number of amides is 3. The van der Waals surface area contributed by atoms with Crippen molar-refractivity contribution in [2.24, 2.45) is 0 Å². The third kappa shape index (κ3) is 23.1. The predicted molar refractivity (Wildman–Crippen MR) is 335 cm³/mol. The maximum Gasteiger partial charge on any atom is 0.417 e. The lowest BCUT2D eigenvalue weighted by atomic mass is 10.0. The Morgan fingerprint density at radius 1 is 0.464 bits per heavy atom. The first kappa shape index (κ1) is 77.8. The highest BCUT2D eigenvalue weighted by Crippen LogP contribution is 2.41. The Morgan fingerprint density at radius 2 is 0.784 bits per heavy atom. The van der Waals surface area contributed by atoms with Crippen LogP contribution in [0.4, 0.5) is 121 Å². The van der Waals surface area contributed by atoms with E-state index in [1.807, 2.05) is 16.7 Å². The number of hydrogen-bond donors (Lipinski definition) is 7. The van der Waals surface area contributed by atoms with E-state index in [1.54, 1.807) is 25.1 Å². The molecule has 0 aromatic heterocycles. The van der Waals surface area contributed by atoms with Crippen LogP contribution in [0.2, 0.25) is 0 Å². The first-order chi connectivity index (χ1) is 45.2. The van der Waals surface area contributed by atoms with Gasteiger partial charge in [0, 0.05) is 47.6 Å². The fraction of sp³-hybridized carbons (Fsp3) is 0.145. The number of nitriles is 4. The summed E-state index contributed by atoms with van der Waals surface area (Å²) in [6.07, 6.45) is -23.4. The van der Waals surface area contributed by atoms with E-state index in [-0.39, 0.29) is 55.7 Å². The minimum atomic E-state index is -4.84. The van der Waals surface area contributed by atoms with Gasteiger partial charge in [-0.15, -0.1) is 0 Å². The number of ether oxygens (including phenoxy) is 1. The molecule has 7 N–H and O–H groups in total. The number of methoxy groups -OCH3 is 1. The lowest BCUT2D eigenvalue weighted by molar-refractivity contribution is -0.138. The zero-order valence-electron chi connectivity index (χ0n) is 49.0. The average molecular weight is 1410 g/mol. The van der Waals surface area contributed by atoms with E-state index in [2.05, 4.69) is 36.3 Å². The second-order valence-electron chi connectivity index (χ2n) is 18.8. The van der Waals surface area contributed by atoms with Crippen LogP contribution < -0.4 is 37.2 Å². The zero-order chi connectivity index (χ0) is 73.0. The molecule has 500 valence electrons. The topological polar surface area (TPSA) is 231 Å². The van der Waals surface area contributed by atoms with Crippen LogP contribution in [0.15, 0.2) is 127 Å². The molecule has 3 amide bonds. The van der Waals surface area contributed by atoms with Gasteiger partial charge in [-0.1, -0.05) is 18.2 Å². The standard InChI is InChI=1S/C17H8F6N4O.C17H12F4N4OS.C17H11F3N4S.C11H8F3NOS/c1-25-14-5-4-11(7-13(14)17(21,22)23)27-15(28)26-10-3-2-9(8-24)12(6-10)16(18,19)20;1-23-15(26)12-5-4-11(7-14(12)18)25-16(27)24-10-3-2-9(8-22)13(6-10)17(19,20)21;1-10-7-12(4-3-11(10)9-21)23-16(25)24-13-5-6-15(22-2)14(8-13)17(18,19)20;1-16-10(17)5-7-2-3-8(6-15)9(4-7)11(12,13)14/h2-7H,(H2,26,27,28);2-7H,1H3,(H,23,26)(H2,24,25,27);3-8H,1H3,(H2,23,24,25);2-4H,5H2,1H3. The molecule has 0 atom stereocenters. The number of alkyl halides is 15. The van der Waals surface area contributed by atoms with E-state index in [0.29, 0.717) is 28.9 Å². The van der Waals surface area contributed by atoms with Crippen LogP contribution in [-0.4, -0.2) is 41.4 Å². The van der Waals surface area contributed by atoms with Gasteiger partial charge in [0.1, 0.15) is 5.82 Å². The molecule has 0 unspecified atom stereocenters. The van der Waals surface area contributed by atoms with E-state index in [4.69, 9.17) is 75.6 Å².